The lowest BCUT2D eigenvalue weighted by atomic mass is 10.1. The third kappa shape index (κ3) is 2.08. The molecule has 18 heavy (non-hydrogen) atoms. The zero-order chi connectivity index (χ0) is 13.5. The Kier molecular flexibility index (Phi) is 3.06. The van der Waals surface area contributed by atoms with E-state index in [0.717, 1.165) is 0 Å². The summed E-state index contributed by atoms with van der Waals surface area (Å²) in [6, 6.07) is 2.97. The molecule has 0 spiro atoms. The van der Waals surface area contributed by atoms with Gasteiger partial charge in [-0.3, -0.25) is 0 Å². The van der Waals surface area contributed by atoms with Crippen LogP contribution in [0.3, 0.4) is 0 Å². The molecule has 2 aromatic rings. The van der Waals surface area contributed by atoms with Crippen LogP contribution in [-0.2, 0) is 6.18 Å². The van der Waals surface area contributed by atoms with E-state index in [0.29, 0.717) is 6.07 Å². The van der Waals surface area contributed by atoms with Crippen LogP contribution >= 0.6 is 11.6 Å². The van der Waals surface area contributed by atoms with Crippen LogP contribution in [0.1, 0.15) is 5.56 Å². The average molecular weight is 283 g/mol. The molecule has 0 amide bonds. The topological polar surface area (TPSA) is 13.1 Å². The molecule has 1 aromatic heterocycles. The predicted molar refractivity (Wildman–Crippen MR) is 54.1 cm³/mol. The van der Waals surface area contributed by atoms with Crippen molar-refractivity contribution < 1.29 is 26.4 Å². The molecule has 0 atom stereocenters. The van der Waals surface area contributed by atoms with E-state index < -0.39 is 34.0 Å². The maximum absolute atomic E-state index is 13.6. The number of halogens is 6. The third-order valence-electron chi connectivity index (χ3n) is 2.23. The Balaban J connectivity index is 2.70. The van der Waals surface area contributed by atoms with Gasteiger partial charge in [-0.25, -0.2) is 8.78 Å². The van der Waals surface area contributed by atoms with Gasteiger partial charge in [0, 0.05) is 0 Å². The zero-order valence-corrected chi connectivity index (χ0v) is 9.24. The number of benzene rings is 1. The summed E-state index contributed by atoms with van der Waals surface area (Å²) in [5, 5.41) is -0.573. The number of furan rings is 1. The van der Waals surface area contributed by atoms with E-state index in [4.69, 9.17) is 16.0 Å². The van der Waals surface area contributed by atoms with Crippen molar-refractivity contribution in [1.82, 2.24) is 0 Å². The summed E-state index contributed by atoms with van der Waals surface area (Å²) in [6.45, 7) is 0. The smallest absolute Gasteiger partial charge is 0.419 e. The van der Waals surface area contributed by atoms with Crippen molar-refractivity contribution in [2.45, 2.75) is 6.18 Å². The summed E-state index contributed by atoms with van der Waals surface area (Å²) >= 11 is 5.54. The van der Waals surface area contributed by atoms with Crippen molar-refractivity contribution in [1.29, 1.82) is 0 Å². The molecular formula is C11H4ClF5O. The first kappa shape index (κ1) is 12.9. The van der Waals surface area contributed by atoms with E-state index in [-0.39, 0.29) is 5.76 Å². The second-order valence-corrected chi connectivity index (χ2v) is 3.79. The first-order valence-corrected chi connectivity index (χ1v) is 4.98. The molecule has 7 heteroatoms. The van der Waals surface area contributed by atoms with Crippen LogP contribution in [0, 0.1) is 11.6 Å². The molecule has 0 aliphatic heterocycles. The first-order chi connectivity index (χ1) is 8.32. The fourth-order valence-electron chi connectivity index (χ4n) is 1.45. The van der Waals surface area contributed by atoms with Gasteiger partial charge in [-0.15, -0.1) is 0 Å². The van der Waals surface area contributed by atoms with E-state index in [9.17, 15) is 22.0 Å². The fraction of sp³-hybridized carbons (Fsp3) is 0.0909. The SMILES string of the molecule is Fc1c(C(F)(F)F)cc(Cl)c(-c2ccco2)c1F. The zero-order valence-electron chi connectivity index (χ0n) is 8.49. The van der Waals surface area contributed by atoms with Gasteiger partial charge in [0.15, 0.2) is 11.6 Å². The summed E-state index contributed by atoms with van der Waals surface area (Å²) in [5.41, 5.74) is -2.28. The molecule has 2 rings (SSSR count). The van der Waals surface area contributed by atoms with Crippen LogP contribution < -0.4 is 0 Å². The Morgan fingerprint density at radius 2 is 1.78 bits per heavy atom. The highest BCUT2D eigenvalue weighted by Crippen LogP contribution is 2.39. The number of rotatable bonds is 1. The van der Waals surface area contributed by atoms with E-state index in [1.165, 1.54) is 18.4 Å². The van der Waals surface area contributed by atoms with Crippen LogP contribution in [0.15, 0.2) is 28.9 Å². The maximum Gasteiger partial charge on any atom is 0.419 e. The quantitative estimate of drug-likeness (QED) is 0.536. The monoisotopic (exact) mass is 282 g/mol. The molecule has 0 bridgehead atoms. The van der Waals surface area contributed by atoms with Gasteiger partial charge in [0.05, 0.1) is 22.4 Å². The highest BCUT2D eigenvalue weighted by molar-refractivity contribution is 6.33. The Labute approximate surface area is 103 Å². The first-order valence-electron chi connectivity index (χ1n) is 4.61. The van der Waals surface area contributed by atoms with Crippen molar-refractivity contribution in [3.8, 4) is 11.3 Å². The van der Waals surface area contributed by atoms with Crippen LogP contribution in [-0.4, -0.2) is 0 Å². The Bertz CT molecular complexity index is 574. The van der Waals surface area contributed by atoms with E-state index in [1.54, 1.807) is 0 Å². The van der Waals surface area contributed by atoms with Gasteiger partial charge < -0.3 is 4.42 Å². The summed E-state index contributed by atoms with van der Waals surface area (Å²) < 4.78 is 68.9. The second-order valence-electron chi connectivity index (χ2n) is 3.38. The van der Waals surface area contributed by atoms with Crippen LogP contribution in [0.5, 0.6) is 0 Å². The normalized spacial score (nSPS) is 11.9. The molecule has 1 heterocycles. The fourth-order valence-corrected chi connectivity index (χ4v) is 1.73. The Hall–Kier alpha value is -1.56. The second kappa shape index (κ2) is 4.28. The third-order valence-corrected chi connectivity index (χ3v) is 2.53. The number of hydrogen-bond acceptors (Lipinski definition) is 1. The minimum Gasteiger partial charge on any atom is -0.464 e. The van der Waals surface area contributed by atoms with E-state index in [1.807, 2.05) is 0 Å². The lowest BCUT2D eigenvalue weighted by Gasteiger charge is -2.11. The van der Waals surface area contributed by atoms with E-state index in [2.05, 4.69) is 0 Å². The van der Waals surface area contributed by atoms with Crippen LogP contribution in [0.25, 0.3) is 11.3 Å². The Morgan fingerprint density at radius 1 is 1.11 bits per heavy atom. The molecular weight excluding hydrogens is 279 g/mol. The van der Waals surface area contributed by atoms with Crippen molar-refractivity contribution in [3.05, 3.63) is 46.7 Å². The maximum atomic E-state index is 13.6. The lowest BCUT2D eigenvalue weighted by molar-refractivity contribution is -0.140. The highest BCUT2D eigenvalue weighted by Gasteiger charge is 2.37. The summed E-state index contributed by atoms with van der Waals surface area (Å²) in [5.74, 6) is -3.84. The van der Waals surface area contributed by atoms with E-state index >= 15 is 0 Å². The Morgan fingerprint density at radius 3 is 2.28 bits per heavy atom. The van der Waals surface area contributed by atoms with Crippen LogP contribution in [0.4, 0.5) is 22.0 Å². The largest absolute Gasteiger partial charge is 0.464 e. The van der Waals surface area contributed by atoms with Gasteiger partial charge in [0.1, 0.15) is 5.76 Å². The molecule has 0 unspecified atom stereocenters. The van der Waals surface area contributed by atoms with Crippen molar-refractivity contribution in [2.75, 3.05) is 0 Å². The number of hydrogen-bond donors (Lipinski definition) is 0. The van der Waals surface area contributed by atoms with Gasteiger partial charge >= 0.3 is 6.18 Å². The standard InChI is InChI=1S/C11H4ClF5O/c12-6-4-5(11(15,16)17)9(13)10(14)8(6)7-2-1-3-18-7/h1-4H. The number of alkyl halides is 3. The molecule has 0 N–H and O–H groups in total. The van der Waals surface area contributed by atoms with Gasteiger partial charge in [0.25, 0.3) is 0 Å². The molecule has 0 radical (unpaired) electrons. The molecule has 0 fully saturated rings. The van der Waals surface area contributed by atoms with Crippen molar-refractivity contribution >= 4 is 11.6 Å². The molecule has 0 saturated heterocycles. The molecule has 0 saturated carbocycles. The molecule has 1 aromatic carbocycles. The molecule has 96 valence electrons. The summed E-state index contributed by atoms with van der Waals surface area (Å²) in [7, 11) is 0. The van der Waals surface area contributed by atoms with Crippen molar-refractivity contribution in [2.24, 2.45) is 0 Å². The average Bonchev–Trinajstić information content (AvgIpc) is 2.75. The van der Waals surface area contributed by atoms with Gasteiger partial charge in [-0.2, -0.15) is 13.2 Å². The summed E-state index contributed by atoms with van der Waals surface area (Å²) in [4.78, 5) is 0. The van der Waals surface area contributed by atoms with Gasteiger partial charge in [-0.05, 0) is 18.2 Å². The summed E-state index contributed by atoms with van der Waals surface area (Å²) in [6.07, 6.45) is -3.85. The molecule has 0 aliphatic rings. The van der Waals surface area contributed by atoms with Crippen LogP contribution in [0.2, 0.25) is 5.02 Å². The molecule has 1 nitrogen and oxygen atoms in total. The predicted octanol–water partition coefficient (Wildman–Crippen LogP) is 4.90. The lowest BCUT2D eigenvalue weighted by Crippen LogP contribution is -2.10. The van der Waals surface area contributed by atoms with Gasteiger partial charge in [0.2, 0.25) is 0 Å². The van der Waals surface area contributed by atoms with Crippen molar-refractivity contribution in [3.63, 3.8) is 0 Å². The van der Waals surface area contributed by atoms with Gasteiger partial charge in [-0.1, -0.05) is 11.6 Å². The highest BCUT2D eigenvalue weighted by atomic mass is 35.5. The minimum absolute atomic E-state index is 0.148. The minimum atomic E-state index is -5.02. The molecule has 0 aliphatic carbocycles.